The number of aromatic nitrogens is 2. The van der Waals surface area contributed by atoms with Gasteiger partial charge >= 0.3 is 6.09 Å². The van der Waals surface area contributed by atoms with Gasteiger partial charge in [-0.05, 0) is 5.92 Å². The van der Waals surface area contributed by atoms with Crippen molar-refractivity contribution in [1.29, 1.82) is 0 Å². The Bertz CT molecular complexity index is 731. The van der Waals surface area contributed by atoms with Crippen molar-refractivity contribution >= 4 is 35.5 Å². The minimum Gasteiger partial charge on any atom is -0.493 e. The highest BCUT2D eigenvalue weighted by atomic mass is 35.5. The zero-order valence-corrected chi connectivity index (χ0v) is 17.0. The van der Waals surface area contributed by atoms with Gasteiger partial charge in [-0.25, -0.2) is 9.78 Å². The van der Waals surface area contributed by atoms with Crippen LogP contribution in [0.1, 0.15) is 13.8 Å². The van der Waals surface area contributed by atoms with E-state index in [9.17, 15) is 4.79 Å². The van der Waals surface area contributed by atoms with E-state index in [-0.39, 0.29) is 18.5 Å². The summed E-state index contributed by atoms with van der Waals surface area (Å²) in [6, 6.07) is 3.73. The number of amides is 1. The highest BCUT2D eigenvalue weighted by molar-refractivity contribution is 5.85. The molecule has 1 aliphatic rings. The number of aromatic amines is 1. The van der Waals surface area contributed by atoms with Gasteiger partial charge < -0.3 is 29.0 Å². The van der Waals surface area contributed by atoms with Gasteiger partial charge in [0.05, 0.1) is 31.9 Å². The molecule has 0 unspecified atom stereocenters. The molecular formula is C18H27ClN4O4. The Morgan fingerprint density at radius 1 is 1.15 bits per heavy atom. The maximum atomic E-state index is 12.1. The number of hydrogen-bond donors (Lipinski definition) is 1. The molecule has 1 aromatic carbocycles. The lowest BCUT2D eigenvalue weighted by atomic mass is 10.2. The van der Waals surface area contributed by atoms with Gasteiger partial charge in [-0.2, -0.15) is 0 Å². The molecule has 1 aromatic heterocycles. The summed E-state index contributed by atoms with van der Waals surface area (Å²) in [5, 5.41) is 0. The quantitative estimate of drug-likeness (QED) is 0.834. The third-order valence-corrected chi connectivity index (χ3v) is 4.35. The van der Waals surface area contributed by atoms with Crippen LogP contribution in [0.15, 0.2) is 12.1 Å². The molecule has 1 aliphatic heterocycles. The summed E-state index contributed by atoms with van der Waals surface area (Å²) in [4.78, 5) is 23.9. The molecule has 1 fully saturated rings. The number of H-pyrrole nitrogens is 1. The maximum Gasteiger partial charge on any atom is 0.409 e. The number of imidazole rings is 1. The van der Waals surface area contributed by atoms with Crippen LogP contribution in [0.25, 0.3) is 11.0 Å². The predicted octanol–water partition coefficient (Wildman–Crippen LogP) is 2.92. The predicted molar refractivity (Wildman–Crippen MR) is 106 cm³/mol. The van der Waals surface area contributed by atoms with E-state index in [1.807, 2.05) is 26.0 Å². The number of nitrogens with one attached hydrogen (secondary N) is 1. The monoisotopic (exact) mass is 398 g/mol. The lowest BCUT2D eigenvalue weighted by molar-refractivity contribution is 0.0900. The molecule has 0 radical (unpaired) electrons. The Hall–Kier alpha value is -2.35. The van der Waals surface area contributed by atoms with E-state index in [4.69, 9.17) is 14.2 Å². The van der Waals surface area contributed by atoms with Gasteiger partial charge in [-0.1, -0.05) is 13.8 Å². The fourth-order valence-corrected chi connectivity index (χ4v) is 2.90. The minimum atomic E-state index is -0.238. The van der Waals surface area contributed by atoms with Gasteiger partial charge in [0.15, 0.2) is 11.5 Å². The molecule has 27 heavy (non-hydrogen) atoms. The van der Waals surface area contributed by atoms with E-state index in [2.05, 4.69) is 14.9 Å². The number of rotatable bonds is 5. The van der Waals surface area contributed by atoms with Crippen molar-refractivity contribution in [2.75, 3.05) is 51.9 Å². The molecule has 0 spiro atoms. The third-order valence-electron chi connectivity index (χ3n) is 4.35. The van der Waals surface area contributed by atoms with Gasteiger partial charge in [0, 0.05) is 38.3 Å². The summed E-state index contributed by atoms with van der Waals surface area (Å²) < 4.78 is 16.0. The first-order valence-corrected chi connectivity index (χ1v) is 8.80. The highest BCUT2D eigenvalue weighted by Crippen LogP contribution is 2.32. The number of nitrogens with zero attached hydrogens (tertiary/aromatic N) is 3. The van der Waals surface area contributed by atoms with Crippen LogP contribution in [0.2, 0.25) is 0 Å². The second-order valence-corrected chi connectivity index (χ2v) is 6.73. The molecule has 1 N–H and O–H groups in total. The average Bonchev–Trinajstić information content (AvgIpc) is 3.07. The second-order valence-electron chi connectivity index (χ2n) is 6.73. The third kappa shape index (κ3) is 4.68. The van der Waals surface area contributed by atoms with Crippen LogP contribution in [0, 0.1) is 5.92 Å². The van der Waals surface area contributed by atoms with E-state index in [1.54, 1.807) is 19.1 Å². The molecule has 0 saturated carbocycles. The summed E-state index contributed by atoms with van der Waals surface area (Å²) in [5.41, 5.74) is 1.70. The standard InChI is InChI=1S/C18H26N4O4.ClH/c1-12(2)11-26-18(23)22-7-5-21(6-8-22)17-19-13-9-15(24-3)16(25-4)10-14(13)20-17;/h9-10,12H,5-8,11H2,1-4H3,(H,19,20);1H. The molecule has 3 rings (SSSR count). The van der Waals surface area contributed by atoms with Crippen LogP contribution < -0.4 is 14.4 Å². The highest BCUT2D eigenvalue weighted by Gasteiger charge is 2.24. The van der Waals surface area contributed by atoms with Crippen molar-refractivity contribution in [3.05, 3.63) is 12.1 Å². The molecule has 8 nitrogen and oxygen atoms in total. The zero-order chi connectivity index (χ0) is 18.7. The molecule has 2 heterocycles. The molecule has 2 aromatic rings. The fraction of sp³-hybridized carbons (Fsp3) is 0.556. The fourth-order valence-electron chi connectivity index (χ4n) is 2.90. The summed E-state index contributed by atoms with van der Waals surface area (Å²) in [6.07, 6.45) is -0.238. The number of ether oxygens (including phenoxy) is 3. The second kappa shape index (κ2) is 9.03. The average molecular weight is 399 g/mol. The molecule has 9 heteroatoms. The van der Waals surface area contributed by atoms with Crippen molar-refractivity contribution in [1.82, 2.24) is 14.9 Å². The zero-order valence-electron chi connectivity index (χ0n) is 16.2. The smallest absolute Gasteiger partial charge is 0.409 e. The summed E-state index contributed by atoms with van der Waals surface area (Å²) in [5.74, 6) is 2.43. The van der Waals surface area contributed by atoms with Gasteiger partial charge in [0.25, 0.3) is 0 Å². The Kier molecular flexibility index (Phi) is 7.01. The first-order valence-electron chi connectivity index (χ1n) is 8.80. The Labute approximate surface area is 165 Å². The van der Waals surface area contributed by atoms with Gasteiger partial charge in [0.1, 0.15) is 0 Å². The van der Waals surface area contributed by atoms with Gasteiger partial charge in [-0.15, -0.1) is 12.4 Å². The summed E-state index contributed by atoms with van der Waals surface area (Å²) >= 11 is 0. The molecule has 0 atom stereocenters. The Morgan fingerprint density at radius 3 is 2.37 bits per heavy atom. The lowest BCUT2D eigenvalue weighted by Crippen LogP contribution is -2.49. The maximum absolute atomic E-state index is 12.1. The Balaban J connectivity index is 0.00000261. The number of methoxy groups -OCH3 is 2. The first-order chi connectivity index (χ1) is 12.5. The van der Waals surface area contributed by atoms with Crippen molar-refractivity contribution in [2.24, 2.45) is 5.92 Å². The van der Waals surface area contributed by atoms with Gasteiger partial charge in [-0.3, -0.25) is 0 Å². The number of carbonyl (C=O) groups is 1. The summed E-state index contributed by atoms with van der Waals surface area (Å²) in [7, 11) is 3.22. The number of carbonyl (C=O) groups excluding carboxylic acids is 1. The number of fused-ring (bicyclic) bond motifs is 1. The normalized spacial score (nSPS) is 14.3. The van der Waals surface area contributed by atoms with Gasteiger partial charge in [0.2, 0.25) is 5.95 Å². The molecule has 0 bridgehead atoms. The van der Waals surface area contributed by atoms with Crippen molar-refractivity contribution in [3.8, 4) is 11.5 Å². The number of anilines is 1. The topological polar surface area (TPSA) is 79.9 Å². The number of halogens is 1. The van der Waals surface area contributed by atoms with E-state index in [1.165, 1.54) is 0 Å². The van der Waals surface area contributed by atoms with E-state index < -0.39 is 0 Å². The van der Waals surface area contributed by atoms with Crippen LogP contribution >= 0.6 is 12.4 Å². The van der Waals surface area contributed by atoms with Crippen molar-refractivity contribution in [3.63, 3.8) is 0 Å². The minimum absolute atomic E-state index is 0. The van der Waals surface area contributed by atoms with Crippen LogP contribution in [-0.4, -0.2) is 68.0 Å². The molecule has 0 aliphatic carbocycles. The number of piperazine rings is 1. The largest absolute Gasteiger partial charge is 0.493 e. The molecular weight excluding hydrogens is 372 g/mol. The van der Waals surface area contributed by atoms with E-state index >= 15 is 0 Å². The van der Waals surface area contributed by atoms with E-state index in [0.717, 1.165) is 17.0 Å². The molecule has 150 valence electrons. The van der Waals surface area contributed by atoms with Crippen LogP contribution in [0.4, 0.5) is 10.7 Å². The lowest BCUT2D eigenvalue weighted by Gasteiger charge is -2.34. The SMILES string of the molecule is COc1cc2nc(N3CCN(C(=O)OCC(C)C)CC3)[nH]c2cc1OC.Cl. The van der Waals surface area contributed by atoms with Crippen molar-refractivity contribution < 1.29 is 19.0 Å². The van der Waals surface area contributed by atoms with Crippen molar-refractivity contribution in [2.45, 2.75) is 13.8 Å². The molecule has 1 amide bonds. The van der Waals surface area contributed by atoms with Crippen LogP contribution in [-0.2, 0) is 4.74 Å². The van der Waals surface area contributed by atoms with Crippen LogP contribution in [0.5, 0.6) is 11.5 Å². The Morgan fingerprint density at radius 2 is 1.78 bits per heavy atom. The first kappa shape index (κ1) is 21.0. The van der Waals surface area contributed by atoms with Crippen LogP contribution in [0.3, 0.4) is 0 Å². The molecule has 1 saturated heterocycles. The number of hydrogen-bond acceptors (Lipinski definition) is 6. The van der Waals surface area contributed by atoms with E-state index in [0.29, 0.717) is 50.2 Å². The number of benzene rings is 1. The summed E-state index contributed by atoms with van der Waals surface area (Å²) in [6.45, 7) is 7.12.